The first-order valence-electron chi connectivity index (χ1n) is 10.1. The van der Waals surface area contributed by atoms with Gasteiger partial charge in [-0.05, 0) is 44.4 Å². The lowest BCUT2D eigenvalue weighted by atomic mass is 9.95. The summed E-state index contributed by atoms with van der Waals surface area (Å²) < 4.78 is 15.1. The number of aromatic nitrogens is 2. The summed E-state index contributed by atoms with van der Waals surface area (Å²) in [5.74, 6) is -0.344. The zero-order valence-electron chi connectivity index (χ0n) is 17.3. The van der Waals surface area contributed by atoms with Crippen molar-refractivity contribution < 1.29 is 14.0 Å². The Morgan fingerprint density at radius 1 is 1.34 bits per heavy atom. The number of halogens is 1. The van der Waals surface area contributed by atoms with Gasteiger partial charge in [0, 0.05) is 50.9 Å². The number of aryl methyl sites for hydroxylation is 1. The Kier molecular flexibility index (Phi) is 6.67. The molecule has 1 aromatic heterocycles. The quantitative estimate of drug-likeness (QED) is 0.718. The fourth-order valence-corrected chi connectivity index (χ4v) is 3.79. The van der Waals surface area contributed by atoms with Crippen molar-refractivity contribution in [3.05, 3.63) is 53.6 Å². The van der Waals surface area contributed by atoms with Crippen LogP contribution >= 0.6 is 0 Å². The Morgan fingerprint density at radius 3 is 2.79 bits per heavy atom. The molecule has 7 heteroatoms. The maximum absolute atomic E-state index is 13.4. The molecule has 0 unspecified atom stereocenters. The van der Waals surface area contributed by atoms with Crippen molar-refractivity contribution in [1.82, 2.24) is 19.6 Å². The molecule has 1 aliphatic heterocycles. The summed E-state index contributed by atoms with van der Waals surface area (Å²) in [6.45, 7) is 5.44. The van der Waals surface area contributed by atoms with Gasteiger partial charge >= 0.3 is 0 Å². The van der Waals surface area contributed by atoms with Crippen LogP contribution in [0.2, 0.25) is 0 Å². The minimum atomic E-state index is -0.275. The number of hydrogen-bond donors (Lipinski definition) is 0. The monoisotopic (exact) mass is 400 g/mol. The van der Waals surface area contributed by atoms with Gasteiger partial charge in [-0.3, -0.25) is 14.3 Å². The van der Waals surface area contributed by atoms with E-state index in [2.05, 4.69) is 5.10 Å². The minimum Gasteiger partial charge on any atom is -0.342 e. The van der Waals surface area contributed by atoms with Crippen molar-refractivity contribution in [2.75, 3.05) is 13.1 Å². The van der Waals surface area contributed by atoms with Crippen LogP contribution in [0.4, 0.5) is 4.39 Å². The molecule has 1 atom stereocenters. The van der Waals surface area contributed by atoms with Gasteiger partial charge < -0.3 is 9.80 Å². The zero-order chi connectivity index (χ0) is 21.0. The molecule has 2 heterocycles. The molecule has 3 rings (SSSR count). The molecule has 2 amide bonds. The van der Waals surface area contributed by atoms with Crippen molar-refractivity contribution in [1.29, 1.82) is 0 Å². The summed E-state index contributed by atoms with van der Waals surface area (Å²) in [7, 11) is 1.86. The number of piperidine rings is 1. The van der Waals surface area contributed by atoms with Crippen molar-refractivity contribution >= 4 is 11.8 Å². The van der Waals surface area contributed by atoms with Crippen molar-refractivity contribution in [3.8, 4) is 0 Å². The first-order valence-corrected chi connectivity index (χ1v) is 10.1. The molecule has 0 aliphatic carbocycles. The van der Waals surface area contributed by atoms with E-state index in [1.54, 1.807) is 21.8 Å². The molecule has 1 aromatic carbocycles. The van der Waals surface area contributed by atoms with E-state index < -0.39 is 0 Å². The summed E-state index contributed by atoms with van der Waals surface area (Å²) in [5, 5.41) is 4.18. The van der Waals surface area contributed by atoms with Crippen LogP contribution in [-0.4, -0.2) is 50.5 Å². The van der Waals surface area contributed by atoms with Crippen LogP contribution < -0.4 is 0 Å². The minimum absolute atomic E-state index is 0.0566. The highest BCUT2D eigenvalue weighted by Crippen LogP contribution is 2.22. The number of likely N-dealkylation sites (tertiary alicyclic amines) is 1. The number of rotatable bonds is 7. The van der Waals surface area contributed by atoms with E-state index in [1.807, 2.05) is 38.1 Å². The van der Waals surface area contributed by atoms with Crippen LogP contribution in [0.3, 0.4) is 0 Å². The van der Waals surface area contributed by atoms with Crippen LogP contribution in [0.25, 0.3) is 0 Å². The first-order chi connectivity index (χ1) is 13.8. The number of benzene rings is 1. The van der Waals surface area contributed by atoms with Crippen LogP contribution in [0.15, 0.2) is 36.7 Å². The number of carbonyl (C=O) groups is 2. The Bertz CT molecular complexity index is 864. The normalized spacial score (nSPS) is 17.1. The Balaban J connectivity index is 1.64. The summed E-state index contributed by atoms with van der Waals surface area (Å²) in [6, 6.07) is 6.49. The van der Waals surface area contributed by atoms with Crippen LogP contribution in [-0.2, 0) is 29.6 Å². The number of hydrogen-bond acceptors (Lipinski definition) is 3. The van der Waals surface area contributed by atoms with Gasteiger partial charge in [0.2, 0.25) is 11.8 Å². The summed E-state index contributed by atoms with van der Waals surface area (Å²) in [5.41, 5.74) is 1.84. The Morgan fingerprint density at radius 2 is 2.14 bits per heavy atom. The summed E-state index contributed by atoms with van der Waals surface area (Å²) in [6.07, 6.45) is 5.22. The van der Waals surface area contributed by atoms with Gasteiger partial charge in [0.15, 0.2) is 0 Å². The average Bonchev–Trinajstić information content (AvgIpc) is 3.10. The SMILES string of the molecule is CC(C)N(Cc1cnn(C)c1)C(=O)[C@@H]1CCC(=O)N(CCc2cccc(F)c2)C1. The molecular formula is C22H29FN4O2. The summed E-state index contributed by atoms with van der Waals surface area (Å²) in [4.78, 5) is 29.2. The van der Waals surface area contributed by atoms with Gasteiger partial charge in [-0.25, -0.2) is 4.39 Å². The topological polar surface area (TPSA) is 58.4 Å². The fraction of sp³-hybridized carbons (Fsp3) is 0.500. The van der Waals surface area contributed by atoms with Crippen molar-refractivity contribution in [2.45, 2.75) is 45.7 Å². The van der Waals surface area contributed by atoms with E-state index in [9.17, 15) is 14.0 Å². The van der Waals surface area contributed by atoms with Gasteiger partial charge in [0.05, 0.1) is 12.1 Å². The second-order valence-electron chi connectivity index (χ2n) is 8.04. The van der Waals surface area contributed by atoms with E-state index in [0.717, 1.165) is 11.1 Å². The van der Waals surface area contributed by atoms with Crippen LogP contribution in [0.5, 0.6) is 0 Å². The number of amides is 2. The van der Waals surface area contributed by atoms with Crippen molar-refractivity contribution in [3.63, 3.8) is 0 Å². The van der Waals surface area contributed by atoms with E-state index in [4.69, 9.17) is 0 Å². The molecule has 2 aromatic rings. The summed E-state index contributed by atoms with van der Waals surface area (Å²) >= 11 is 0. The molecule has 0 saturated carbocycles. The lowest BCUT2D eigenvalue weighted by Crippen LogP contribution is -2.49. The maximum Gasteiger partial charge on any atom is 0.228 e. The highest BCUT2D eigenvalue weighted by atomic mass is 19.1. The van der Waals surface area contributed by atoms with Gasteiger partial charge in [-0.1, -0.05) is 12.1 Å². The third kappa shape index (κ3) is 5.43. The Labute approximate surface area is 171 Å². The molecule has 0 radical (unpaired) electrons. The van der Waals surface area contributed by atoms with Gasteiger partial charge in [-0.2, -0.15) is 5.10 Å². The highest BCUT2D eigenvalue weighted by Gasteiger charge is 2.33. The maximum atomic E-state index is 13.4. The molecule has 6 nitrogen and oxygen atoms in total. The smallest absolute Gasteiger partial charge is 0.228 e. The molecule has 29 heavy (non-hydrogen) atoms. The average molecular weight is 400 g/mol. The predicted molar refractivity (Wildman–Crippen MR) is 108 cm³/mol. The molecule has 1 fully saturated rings. The van der Waals surface area contributed by atoms with Gasteiger partial charge in [0.1, 0.15) is 5.82 Å². The predicted octanol–water partition coefficient (Wildman–Crippen LogP) is 2.78. The highest BCUT2D eigenvalue weighted by molar-refractivity contribution is 5.84. The molecule has 0 bridgehead atoms. The second-order valence-corrected chi connectivity index (χ2v) is 8.04. The van der Waals surface area contributed by atoms with E-state index in [-0.39, 0.29) is 29.6 Å². The van der Waals surface area contributed by atoms with Crippen LogP contribution in [0, 0.1) is 11.7 Å². The third-order valence-electron chi connectivity index (χ3n) is 5.43. The molecule has 1 aliphatic rings. The molecular weight excluding hydrogens is 371 g/mol. The zero-order valence-corrected chi connectivity index (χ0v) is 17.3. The molecule has 0 N–H and O–H groups in total. The van der Waals surface area contributed by atoms with Crippen molar-refractivity contribution in [2.24, 2.45) is 13.0 Å². The van der Waals surface area contributed by atoms with E-state index in [0.29, 0.717) is 38.9 Å². The standard InChI is InChI=1S/C22H29FN4O2/c1-16(2)27(14-18-12-24-25(3)13-18)22(29)19-7-8-21(28)26(15-19)10-9-17-5-4-6-20(23)11-17/h4-6,11-13,16,19H,7-10,14-15H2,1-3H3/t19-/m1/s1. The van der Waals surface area contributed by atoms with Gasteiger partial charge in [0.25, 0.3) is 0 Å². The fourth-order valence-electron chi connectivity index (χ4n) is 3.79. The molecule has 156 valence electrons. The largest absolute Gasteiger partial charge is 0.342 e. The first kappa shape index (κ1) is 21.0. The lowest BCUT2D eigenvalue weighted by molar-refractivity contribution is -0.144. The van der Waals surface area contributed by atoms with Crippen LogP contribution in [0.1, 0.15) is 37.8 Å². The lowest BCUT2D eigenvalue weighted by Gasteiger charge is -2.36. The van der Waals surface area contributed by atoms with Gasteiger partial charge in [-0.15, -0.1) is 0 Å². The second kappa shape index (κ2) is 9.20. The van der Waals surface area contributed by atoms with E-state index >= 15 is 0 Å². The number of nitrogens with zero attached hydrogens (tertiary/aromatic N) is 4. The Hall–Kier alpha value is -2.70. The third-order valence-corrected chi connectivity index (χ3v) is 5.43. The number of carbonyl (C=O) groups excluding carboxylic acids is 2. The van der Waals surface area contributed by atoms with E-state index in [1.165, 1.54) is 12.1 Å². The molecule has 1 saturated heterocycles. The molecule has 0 spiro atoms.